The van der Waals surface area contributed by atoms with Crippen molar-refractivity contribution in [3.05, 3.63) is 48.6 Å². The first-order valence-corrected chi connectivity index (χ1v) is 7.56. The maximum Gasteiger partial charge on any atom is 0.341 e. The second-order valence-electron chi connectivity index (χ2n) is 6.42. The number of allylic oxidation sites excluding steroid dienone is 2. The fourth-order valence-electron chi connectivity index (χ4n) is 1.65. The van der Waals surface area contributed by atoms with Crippen LogP contribution in [0.25, 0.3) is 0 Å². The molecular weight excluding hydrogens is 324 g/mol. The van der Waals surface area contributed by atoms with Gasteiger partial charge in [0.2, 0.25) is 0 Å². The van der Waals surface area contributed by atoms with Gasteiger partial charge in [-0.1, -0.05) is 46.1 Å². The van der Waals surface area contributed by atoms with E-state index in [9.17, 15) is 19.2 Å². The Balaban J connectivity index is 5.52. The number of hydrogen-bond acceptors (Lipinski definition) is 6. The molecule has 6 nitrogen and oxygen atoms in total. The predicted molar refractivity (Wildman–Crippen MR) is 93.1 cm³/mol. The van der Waals surface area contributed by atoms with Gasteiger partial charge < -0.3 is 9.47 Å². The lowest BCUT2D eigenvalue weighted by atomic mass is 9.79. The second kappa shape index (κ2) is 9.52. The maximum atomic E-state index is 11.9. The topological polar surface area (TPSA) is 86.7 Å². The Morgan fingerprint density at radius 2 is 1.12 bits per heavy atom. The van der Waals surface area contributed by atoms with E-state index in [1.165, 1.54) is 13.8 Å². The van der Waals surface area contributed by atoms with Crippen LogP contribution < -0.4 is 0 Å². The molecule has 0 aromatic rings. The van der Waals surface area contributed by atoms with E-state index in [0.29, 0.717) is 0 Å². The molecule has 0 bridgehead atoms. The lowest BCUT2D eigenvalue weighted by Crippen LogP contribution is -2.20. The largest absolute Gasteiger partial charge is 0.386 e. The fourth-order valence-corrected chi connectivity index (χ4v) is 1.65. The molecule has 0 fully saturated rings. The Labute approximate surface area is 147 Å². The number of ether oxygens (including phenoxy) is 2. The van der Waals surface area contributed by atoms with E-state index in [0.717, 1.165) is 12.2 Å². The molecule has 0 saturated carbocycles. The van der Waals surface area contributed by atoms with Crippen LogP contribution in [0.5, 0.6) is 0 Å². The zero-order valence-electron chi connectivity index (χ0n) is 15.3. The van der Waals surface area contributed by atoms with Crippen molar-refractivity contribution in [3.8, 4) is 0 Å². The van der Waals surface area contributed by atoms with E-state index >= 15 is 0 Å². The Kier molecular flexibility index (Phi) is 8.46. The van der Waals surface area contributed by atoms with E-state index in [1.807, 2.05) is 20.8 Å². The van der Waals surface area contributed by atoms with Gasteiger partial charge in [-0.2, -0.15) is 0 Å². The molecule has 0 rings (SSSR count). The van der Waals surface area contributed by atoms with Crippen LogP contribution in [-0.2, 0) is 28.7 Å². The summed E-state index contributed by atoms with van der Waals surface area (Å²) >= 11 is 0. The molecule has 136 valence electrons. The van der Waals surface area contributed by atoms with Gasteiger partial charge in [-0.3, -0.25) is 0 Å². The molecule has 25 heavy (non-hydrogen) atoms. The van der Waals surface area contributed by atoms with Crippen molar-refractivity contribution < 1.29 is 28.7 Å². The minimum atomic E-state index is -0.844. The molecule has 0 spiro atoms. The molecule has 0 aliphatic heterocycles. The van der Waals surface area contributed by atoms with Crippen LogP contribution in [-0.4, -0.2) is 23.9 Å². The second-order valence-corrected chi connectivity index (χ2v) is 6.42. The monoisotopic (exact) mass is 348 g/mol. The van der Waals surface area contributed by atoms with Gasteiger partial charge in [-0.05, 0) is 19.3 Å². The first-order valence-electron chi connectivity index (χ1n) is 7.56. The Morgan fingerprint density at radius 1 is 0.800 bits per heavy atom. The summed E-state index contributed by atoms with van der Waals surface area (Å²) in [5, 5.41) is 0. The van der Waals surface area contributed by atoms with E-state index in [1.54, 1.807) is 12.2 Å². The number of rotatable bonds is 6. The van der Waals surface area contributed by atoms with E-state index in [4.69, 9.17) is 0 Å². The molecule has 0 radical (unpaired) electrons. The van der Waals surface area contributed by atoms with E-state index in [-0.39, 0.29) is 22.5 Å². The van der Waals surface area contributed by atoms with E-state index in [2.05, 4.69) is 22.6 Å². The highest BCUT2D eigenvalue weighted by molar-refractivity contribution is 5.99. The van der Waals surface area contributed by atoms with Crippen LogP contribution in [0, 0.1) is 11.3 Å². The molecule has 0 atom stereocenters. The highest BCUT2D eigenvalue weighted by atomic mass is 16.6. The quantitative estimate of drug-likeness (QED) is 0.416. The number of hydrogen-bond donors (Lipinski definition) is 0. The zero-order valence-corrected chi connectivity index (χ0v) is 15.3. The molecule has 0 aliphatic carbocycles. The normalized spacial score (nSPS) is 13.5. The van der Waals surface area contributed by atoms with Gasteiger partial charge >= 0.3 is 23.9 Å². The molecule has 0 saturated heterocycles. The molecule has 0 aromatic heterocycles. The molecule has 0 unspecified atom stereocenters. The first-order chi connectivity index (χ1) is 11.4. The van der Waals surface area contributed by atoms with Crippen molar-refractivity contribution >= 4 is 23.9 Å². The van der Waals surface area contributed by atoms with Gasteiger partial charge in [0, 0.05) is 29.2 Å². The highest BCUT2D eigenvalue weighted by Gasteiger charge is 2.24. The minimum absolute atomic E-state index is 0.203. The summed E-state index contributed by atoms with van der Waals surface area (Å²) in [6.45, 7) is 15.2. The molecule has 0 N–H and O–H groups in total. The lowest BCUT2D eigenvalue weighted by molar-refractivity contribution is -0.154. The summed E-state index contributed by atoms with van der Waals surface area (Å²) in [6, 6.07) is 0. The average Bonchev–Trinajstić information content (AvgIpc) is 2.52. The molecular formula is C19H24O6. The molecule has 0 aliphatic rings. The third-order valence-corrected chi connectivity index (χ3v) is 3.22. The third kappa shape index (κ3) is 8.06. The van der Waals surface area contributed by atoms with Crippen LogP contribution in [0.1, 0.15) is 34.6 Å². The summed E-state index contributed by atoms with van der Waals surface area (Å²) in [4.78, 5) is 45.9. The number of esters is 4. The fraction of sp³-hybridized carbons (Fsp3) is 0.368. The summed E-state index contributed by atoms with van der Waals surface area (Å²) < 4.78 is 9.12. The number of carbonyl (C=O) groups is 4. The number of carbonyl (C=O) groups excluding carboxylic acids is 4. The highest BCUT2D eigenvalue weighted by Crippen LogP contribution is 2.30. The first kappa shape index (κ1) is 22.2. The summed E-state index contributed by atoms with van der Waals surface area (Å²) in [7, 11) is 0. The van der Waals surface area contributed by atoms with Gasteiger partial charge in [0.25, 0.3) is 0 Å². The van der Waals surface area contributed by atoms with Crippen molar-refractivity contribution in [2.45, 2.75) is 34.6 Å². The molecule has 0 aromatic carbocycles. The van der Waals surface area contributed by atoms with Crippen LogP contribution >= 0.6 is 0 Å². The van der Waals surface area contributed by atoms with Crippen LogP contribution in [0.4, 0.5) is 0 Å². The summed E-state index contributed by atoms with van der Waals surface area (Å²) in [5.74, 6) is -3.64. The SMILES string of the molecule is C=CC(=O)OC(=O)C(C)=CC(C=C(C)C(=O)OC(=O)C=C)C(C)(C)C. The van der Waals surface area contributed by atoms with Gasteiger partial charge in [0.1, 0.15) is 0 Å². The van der Waals surface area contributed by atoms with Crippen molar-refractivity contribution in [1.29, 1.82) is 0 Å². The Bertz CT molecular complexity index is 593. The van der Waals surface area contributed by atoms with Crippen molar-refractivity contribution in [3.63, 3.8) is 0 Å². The van der Waals surface area contributed by atoms with Crippen LogP contribution in [0.3, 0.4) is 0 Å². The van der Waals surface area contributed by atoms with Crippen molar-refractivity contribution in [2.75, 3.05) is 0 Å². The van der Waals surface area contributed by atoms with Gasteiger partial charge in [0.15, 0.2) is 0 Å². The van der Waals surface area contributed by atoms with Gasteiger partial charge in [-0.25, -0.2) is 19.2 Å². The van der Waals surface area contributed by atoms with Crippen LogP contribution in [0.15, 0.2) is 48.6 Å². The predicted octanol–water partition coefficient (Wildman–Crippen LogP) is 3.05. The van der Waals surface area contributed by atoms with Gasteiger partial charge in [-0.15, -0.1) is 0 Å². The lowest BCUT2D eigenvalue weighted by Gasteiger charge is -2.26. The Morgan fingerprint density at radius 3 is 1.36 bits per heavy atom. The van der Waals surface area contributed by atoms with E-state index < -0.39 is 23.9 Å². The molecule has 0 amide bonds. The smallest absolute Gasteiger partial charge is 0.341 e. The summed E-state index contributed by atoms with van der Waals surface area (Å²) in [6.07, 6.45) is 4.96. The summed E-state index contributed by atoms with van der Waals surface area (Å²) in [5.41, 5.74) is 0.0537. The average molecular weight is 348 g/mol. The van der Waals surface area contributed by atoms with Crippen molar-refractivity contribution in [1.82, 2.24) is 0 Å². The third-order valence-electron chi connectivity index (χ3n) is 3.22. The van der Waals surface area contributed by atoms with Gasteiger partial charge in [0.05, 0.1) is 0 Å². The van der Waals surface area contributed by atoms with Crippen LogP contribution in [0.2, 0.25) is 0 Å². The Hall–Kier alpha value is -2.76. The van der Waals surface area contributed by atoms with Crippen molar-refractivity contribution in [2.24, 2.45) is 11.3 Å². The standard InChI is InChI=1S/C19H24O6/c1-8-15(20)24-17(22)12(3)10-14(19(5,6)7)11-13(4)18(23)25-16(21)9-2/h8-11,14H,1-2H2,3-7H3. The molecule has 6 heteroatoms. The maximum absolute atomic E-state index is 11.9. The zero-order chi connectivity index (χ0) is 19.8. The minimum Gasteiger partial charge on any atom is -0.386 e. The molecule has 0 heterocycles.